The van der Waals surface area contributed by atoms with Crippen LogP contribution in [0.5, 0.6) is 0 Å². The summed E-state index contributed by atoms with van der Waals surface area (Å²) in [5, 5.41) is 7.70. The number of rotatable bonds is 5. The highest BCUT2D eigenvalue weighted by molar-refractivity contribution is 5.95. The van der Waals surface area contributed by atoms with E-state index in [-0.39, 0.29) is 6.10 Å². The Bertz CT molecular complexity index is 524. The van der Waals surface area contributed by atoms with Crippen molar-refractivity contribution >= 4 is 22.4 Å². The van der Waals surface area contributed by atoms with Crippen LogP contribution in [0.15, 0.2) is 16.8 Å². The zero-order valence-electron chi connectivity index (χ0n) is 10.9. The van der Waals surface area contributed by atoms with Gasteiger partial charge in [0.1, 0.15) is 0 Å². The molecule has 0 atom stereocenters. The molecule has 0 spiro atoms. The quantitative estimate of drug-likeness (QED) is 0.813. The predicted octanol–water partition coefficient (Wildman–Crippen LogP) is 1.67. The maximum Gasteiger partial charge on any atom is 0.160 e. The van der Waals surface area contributed by atoms with Gasteiger partial charge in [-0.1, -0.05) is 0 Å². The monoisotopic (exact) mass is 250 g/mol. The molecular weight excluding hydrogens is 232 g/mol. The molecular formula is C12H18N4O2. The van der Waals surface area contributed by atoms with Crippen molar-refractivity contribution in [3.05, 3.63) is 12.1 Å². The van der Waals surface area contributed by atoms with Gasteiger partial charge < -0.3 is 15.4 Å². The average molecular weight is 250 g/mol. The molecule has 0 saturated heterocycles. The minimum Gasteiger partial charge on any atom is -0.397 e. The Morgan fingerprint density at radius 3 is 2.78 bits per heavy atom. The number of nitrogen functional groups attached to an aromatic ring is 1. The van der Waals surface area contributed by atoms with Crippen LogP contribution in [-0.2, 0) is 4.74 Å². The highest BCUT2D eigenvalue weighted by Crippen LogP contribution is 2.27. The Balaban J connectivity index is 2.15. The SMILES string of the molecule is CC(C)OCCN(C)c1ccc(N)c2nonc12. The topological polar surface area (TPSA) is 77.4 Å². The first-order valence-electron chi connectivity index (χ1n) is 5.93. The van der Waals surface area contributed by atoms with Crippen LogP contribution in [0, 0.1) is 0 Å². The summed E-state index contributed by atoms with van der Waals surface area (Å²) >= 11 is 0. The Morgan fingerprint density at radius 1 is 1.33 bits per heavy atom. The number of aromatic nitrogens is 2. The third kappa shape index (κ3) is 2.53. The van der Waals surface area contributed by atoms with Crippen LogP contribution < -0.4 is 10.6 Å². The zero-order valence-corrected chi connectivity index (χ0v) is 10.9. The van der Waals surface area contributed by atoms with Crippen molar-refractivity contribution in [1.29, 1.82) is 0 Å². The number of ether oxygens (including phenoxy) is 1. The number of likely N-dealkylation sites (N-methyl/N-ethyl adjacent to an activating group) is 1. The second kappa shape index (κ2) is 5.22. The van der Waals surface area contributed by atoms with Gasteiger partial charge in [0, 0.05) is 13.6 Å². The van der Waals surface area contributed by atoms with Gasteiger partial charge in [0.05, 0.1) is 24.1 Å². The van der Waals surface area contributed by atoms with Crippen molar-refractivity contribution < 1.29 is 9.37 Å². The van der Waals surface area contributed by atoms with Gasteiger partial charge in [-0.15, -0.1) is 0 Å². The minimum atomic E-state index is 0.235. The number of nitrogens with two attached hydrogens (primary N) is 1. The highest BCUT2D eigenvalue weighted by atomic mass is 16.6. The summed E-state index contributed by atoms with van der Waals surface area (Å²) in [6.07, 6.45) is 0.235. The van der Waals surface area contributed by atoms with Gasteiger partial charge >= 0.3 is 0 Å². The number of fused-ring (bicyclic) bond motifs is 1. The third-order valence-corrected chi connectivity index (χ3v) is 2.71. The van der Waals surface area contributed by atoms with Crippen molar-refractivity contribution in [3.8, 4) is 0 Å². The fraction of sp³-hybridized carbons (Fsp3) is 0.500. The molecule has 18 heavy (non-hydrogen) atoms. The summed E-state index contributed by atoms with van der Waals surface area (Å²) in [7, 11) is 1.98. The van der Waals surface area contributed by atoms with E-state index >= 15 is 0 Å². The van der Waals surface area contributed by atoms with E-state index < -0.39 is 0 Å². The van der Waals surface area contributed by atoms with Crippen LogP contribution >= 0.6 is 0 Å². The van der Waals surface area contributed by atoms with E-state index in [0.717, 1.165) is 12.2 Å². The van der Waals surface area contributed by atoms with E-state index in [1.807, 2.05) is 37.9 Å². The van der Waals surface area contributed by atoms with E-state index in [1.165, 1.54) is 0 Å². The smallest absolute Gasteiger partial charge is 0.160 e. The molecule has 0 aliphatic heterocycles. The van der Waals surface area contributed by atoms with Gasteiger partial charge in [-0.05, 0) is 36.3 Å². The lowest BCUT2D eigenvalue weighted by atomic mass is 10.2. The van der Waals surface area contributed by atoms with Crippen molar-refractivity contribution in [3.63, 3.8) is 0 Å². The van der Waals surface area contributed by atoms with Gasteiger partial charge in [-0.3, -0.25) is 0 Å². The Kier molecular flexibility index (Phi) is 3.66. The maximum absolute atomic E-state index is 5.80. The molecule has 98 valence electrons. The molecule has 2 N–H and O–H groups in total. The lowest BCUT2D eigenvalue weighted by Gasteiger charge is -2.20. The molecule has 0 aliphatic carbocycles. The summed E-state index contributed by atoms with van der Waals surface area (Å²) in [6, 6.07) is 3.72. The van der Waals surface area contributed by atoms with Gasteiger partial charge in [0.15, 0.2) is 11.0 Å². The number of nitrogens with zero attached hydrogens (tertiary/aromatic N) is 3. The van der Waals surface area contributed by atoms with Crippen LogP contribution in [0.2, 0.25) is 0 Å². The molecule has 6 nitrogen and oxygen atoms in total. The van der Waals surface area contributed by atoms with Crippen LogP contribution in [-0.4, -0.2) is 36.6 Å². The molecule has 6 heteroatoms. The molecule has 0 radical (unpaired) electrons. The first kappa shape index (κ1) is 12.6. The minimum absolute atomic E-state index is 0.235. The second-order valence-corrected chi connectivity index (χ2v) is 4.48. The summed E-state index contributed by atoms with van der Waals surface area (Å²) < 4.78 is 10.3. The molecule has 0 aliphatic rings. The lowest BCUT2D eigenvalue weighted by molar-refractivity contribution is 0.0846. The fourth-order valence-electron chi connectivity index (χ4n) is 1.73. The highest BCUT2D eigenvalue weighted by Gasteiger charge is 2.13. The molecule has 2 aromatic rings. The molecule has 0 bridgehead atoms. The summed E-state index contributed by atoms with van der Waals surface area (Å²) in [6.45, 7) is 5.46. The molecule has 1 aromatic heterocycles. The van der Waals surface area contributed by atoms with E-state index in [1.54, 1.807) is 0 Å². The third-order valence-electron chi connectivity index (χ3n) is 2.71. The predicted molar refractivity (Wildman–Crippen MR) is 70.6 cm³/mol. The molecule has 2 rings (SSSR count). The van der Waals surface area contributed by atoms with Crippen molar-refractivity contribution in [2.75, 3.05) is 30.8 Å². The zero-order chi connectivity index (χ0) is 13.1. The van der Waals surface area contributed by atoms with Crippen LogP contribution in [0.25, 0.3) is 11.0 Å². The second-order valence-electron chi connectivity index (χ2n) is 4.48. The van der Waals surface area contributed by atoms with Gasteiger partial charge in [0.25, 0.3) is 0 Å². The fourth-order valence-corrected chi connectivity index (χ4v) is 1.73. The van der Waals surface area contributed by atoms with Crippen molar-refractivity contribution in [1.82, 2.24) is 10.3 Å². The van der Waals surface area contributed by atoms with Crippen LogP contribution in [0.3, 0.4) is 0 Å². The van der Waals surface area contributed by atoms with E-state index in [2.05, 4.69) is 10.3 Å². The van der Waals surface area contributed by atoms with E-state index in [9.17, 15) is 0 Å². The van der Waals surface area contributed by atoms with Gasteiger partial charge in [0.2, 0.25) is 0 Å². The molecule has 0 saturated carbocycles. The van der Waals surface area contributed by atoms with Crippen molar-refractivity contribution in [2.24, 2.45) is 0 Å². The number of benzene rings is 1. The molecule has 0 amide bonds. The number of hydrogen-bond acceptors (Lipinski definition) is 6. The largest absolute Gasteiger partial charge is 0.397 e. The normalized spacial score (nSPS) is 11.3. The summed E-state index contributed by atoms with van der Waals surface area (Å²) in [5.74, 6) is 0. The summed E-state index contributed by atoms with van der Waals surface area (Å²) in [4.78, 5) is 2.05. The Labute approximate surface area is 106 Å². The standard InChI is InChI=1S/C12H18N4O2/c1-8(2)17-7-6-16(3)10-5-4-9(13)11-12(10)15-18-14-11/h4-5,8H,6-7,13H2,1-3H3. The number of anilines is 2. The Morgan fingerprint density at radius 2 is 2.06 bits per heavy atom. The van der Waals surface area contributed by atoms with Gasteiger partial charge in [-0.25, -0.2) is 4.63 Å². The first-order chi connectivity index (χ1) is 8.59. The summed E-state index contributed by atoms with van der Waals surface area (Å²) in [5.41, 5.74) is 8.60. The maximum atomic E-state index is 5.80. The van der Waals surface area contributed by atoms with Crippen LogP contribution in [0.1, 0.15) is 13.8 Å². The lowest BCUT2D eigenvalue weighted by Crippen LogP contribution is -2.24. The number of hydrogen-bond donors (Lipinski definition) is 1. The van der Waals surface area contributed by atoms with E-state index in [4.69, 9.17) is 15.1 Å². The molecule has 1 heterocycles. The molecule has 0 unspecified atom stereocenters. The van der Waals surface area contributed by atoms with Crippen LogP contribution in [0.4, 0.5) is 11.4 Å². The van der Waals surface area contributed by atoms with E-state index in [0.29, 0.717) is 23.3 Å². The molecule has 0 fully saturated rings. The Hall–Kier alpha value is -1.82. The molecule has 1 aromatic carbocycles. The first-order valence-corrected chi connectivity index (χ1v) is 5.93. The van der Waals surface area contributed by atoms with Gasteiger partial charge in [-0.2, -0.15) is 0 Å². The average Bonchev–Trinajstić information content (AvgIpc) is 2.78. The van der Waals surface area contributed by atoms with Crippen molar-refractivity contribution in [2.45, 2.75) is 20.0 Å².